The van der Waals surface area contributed by atoms with Crippen LogP contribution >= 0.6 is 0 Å². The zero-order chi connectivity index (χ0) is 16.4. The van der Waals surface area contributed by atoms with Gasteiger partial charge in [0.25, 0.3) is 0 Å². The quantitative estimate of drug-likeness (QED) is 0.452. The Balaban J connectivity index is 2.14. The molecule has 0 aliphatic heterocycles. The first-order chi connectivity index (χ1) is 10.5. The molecule has 1 saturated carbocycles. The molecule has 2 heteroatoms. The lowest BCUT2D eigenvalue weighted by molar-refractivity contribution is -0.122. The Labute approximate surface area is 138 Å². The highest BCUT2D eigenvalue weighted by atomic mass is 16.5. The molecule has 1 aliphatic rings. The van der Waals surface area contributed by atoms with Crippen LogP contribution in [0.15, 0.2) is 0 Å². The van der Waals surface area contributed by atoms with Gasteiger partial charge in [-0.25, -0.2) is 0 Å². The Morgan fingerprint density at radius 1 is 1.00 bits per heavy atom. The zero-order valence-corrected chi connectivity index (χ0v) is 15.5. The molecule has 22 heavy (non-hydrogen) atoms. The largest absolute Gasteiger partial charge is 0.381 e. The number of Topliss-reactive ketones (excluding diaryl/α,β-unsaturated/α-hetero) is 1. The van der Waals surface area contributed by atoms with Crippen molar-refractivity contribution in [1.82, 2.24) is 0 Å². The Bertz CT molecular complexity index is 301. The van der Waals surface area contributed by atoms with Crippen LogP contribution in [-0.4, -0.2) is 19.0 Å². The molecule has 2 nitrogen and oxygen atoms in total. The fourth-order valence-corrected chi connectivity index (χ4v) is 4.01. The van der Waals surface area contributed by atoms with Gasteiger partial charge in [0.05, 0.1) is 0 Å². The Kier molecular flexibility index (Phi) is 9.31. The lowest BCUT2D eigenvalue weighted by Crippen LogP contribution is -2.26. The number of hydrogen-bond acceptors (Lipinski definition) is 2. The molecule has 0 aromatic heterocycles. The van der Waals surface area contributed by atoms with Crippen LogP contribution in [0, 0.1) is 17.3 Å². The van der Waals surface area contributed by atoms with Crippen LogP contribution in [0.2, 0.25) is 0 Å². The number of hydrogen-bond donors (Lipinski definition) is 0. The summed E-state index contributed by atoms with van der Waals surface area (Å²) in [5.41, 5.74) is 0.601. The molecule has 130 valence electrons. The summed E-state index contributed by atoms with van der Waals surface area (Å²) in [6, 6.07) is 0. The van der Waals surface area contributed by atoms with Crippen LogP contribution in [-0.2, 0) is 9.53 Å². The second-order valence-corrected chi connectivity index (χ2v) is 8.10. The third-order valence-corrected chi connectivity index (χ3v) is 5.11. The molecule has 1 fully saturated rings. The van der Waals surface area contributed by atoms with E-state index in [4.69, 9.17) is 4.74 Å². The van der Waals surface area contributed by atoms with Gasteiger partial charge in [0.15, 0.2) is 0 Å². The maximum atomic E-state index is 11.5. The van der Waals surface area contributed by atoms with Crippen molar-refractivity contribution >= 4 is 5.78 Å². The van der Waals surface area contributed by atoms with Crippen molar-refractivity contribution in [2.45, 2.75) is 91.9 Å². The van der Waals surface area contributed by atoms with E-state index in [1.807, 2.05) is 13.8 Å². The van der Waals surface area contributed by atoms with Gasteiger partial charge in [-0.1, -0.05) is 47.0 Å². The average Bonchev–Trinajstić information content (AvgIpc) is 2.46. The van der Waals surface area contributed by atoms with E-state index in [0.29, 0.717) is 17.6 Å². The van der Waals surface area contributed by atoms with Crippen LogP contribution in [0.1, 0.15) is 91.9 Å². The fourth-order valence-electron chi connectivity index (χ4n) is 4.01. The predicted molar refractivity (Wildman–Crippen MR) is 94.1 cm³/mol. The second kappa shape index (κ2) is 10.4. The molecule has 0 radical (unpaired) electrons. The smallest absolute Gasteiger partial charge is 0.135 e. The average molecular weight is 311 g/mol. The van der Waals surface area contributed by atoms with E-state index in [0.717, 1.165) is 25.6 Å². The van der Waals surface area contributed by atoms with Crippen molar-refractivity contribution in [1.29, 1.82) is 0 Å². The van der Waals surface area contributed by atoms with Gasteiger partial charge < -0.3 is 4.74 Å². The van der Waals surface area contributed by atoms with Crippen LogP contribution in [0.5, 0.6) is 0 Å². The first kappa shape index (κ1) is 19.7. The zero-order valence-electron chi connectivity index (χ0n) is 15.5. The Hall–Kier alpha value is -0.370. The van der Waals surface area contributed by atoms with E-state index in [1.54, 1.807) is 0 Å². The third kappa shape index (κ3) is 7.76. The predicted octanol–water partition coefficient (Wildman–Crippen LogP) is 5.79. The van der Waals surface area contributed by atoms with Crippen LogP contribution in [0.3, 0.4) is 0 Å². The standard InChI is InChI=1S/C20H38O2/c1-17(2)16-20(11-6-5-7-12-20)13-9-15-22-14-8-10-19(21)18(3)4/h17-18H,5-16H2,1-4H3. The van der Waals surface area contributed by atoms with Crippen LogP contribution in [0.25, 0.3) is 0 Å². The van der Waals surface area contributed by atoms with Crippen LogP contribution in [0.4, 0.5) is 0 Å². The van der Waals surface area contributed by atoms with Crippen molar-refractivity contribution in [2.75, 3.05) is 13.2 Å². The summed E-state index contributed by atoms with van der Waals surface area (Å²) in [6.45, 7) is 10.3. The van der Waals surface area contributed by atoms with Crippen molar-refractivity contribution in [2.24, 2.45) is 17.3 Å². The lowest BCUT2D eigenvalue weighted by atomic mass is 9.67. The van der Waals surface area contributed by atoms with Gasteiger partial charge in [0.1, 0.15) is 5.78 Å². The van der Waals surface area contributed by atoms with Crippen molar-refractivity contribution in [3.63, 3.8) is 0 Å². The maximum Gasteiger partial charge on any atom is 0.135 e. The number of carbonyl (C=O) groups is 1. The molecule has 0 aromatic rings. The molecule has 0 spiro atoms. The molecule has 1 rings (SSSR count). The van der Waals surface area contributed by atoms with Gasteiger partial charge in [0.2, 0.25) is 0 Å². The van der Waals surface area contributed by atoms with Gasteiger partial charge in [-0.15, -0.1) is 0 Å². The molecule has 0 bridgehead atoms. The summed E-state index contributed by atoms with van der Waals surface area (Å²) in [5, 5.41) is 0. The number of carbonyl (C=O) groups excluding carboxylic acids is 1. The first-order valence-corrected chi connectivity index (χ1v) is 9.56. The van der Waals surface area contributed by atoms with Crippen molar-refractivity contribution in [3.05, 3.63) is 0 Å². The SMILES string of the molecule is CC(C)CC1(CCCOCCCC(=O)C(C)C)CCCCC1. The number of ether oxygens (including phenoxy) is 1. The fraction of sp³-hybridized carbons (Fsp3) is 0.950. The molecule has 0 saturated heterocycles. The van der Waals surface area contributed by atoms with E-state index >= 15 is 0 Å². The summed E-state index contributed by atoms with van der Waals surface area (Å²) in [5.74, 6) is 1.34. The number of rotatable bonds is 11. The number of ketones is 1. The summed E-state index contributed by atoms with van der Waals surface area (Å²) >= 11 is 0. The molecule has 0 amide bonds. The van der Waals surface area contributed by atoms with E-state index in [2.05, 4.69) is 13.8 Å². The van der Waals surface area contributed by atoms with Gasteiger partial charge in [-0.2, -0.15) is 0 Å². The molecule has 0 N–H and O–H groups in total. The van der Waals surface area contributed by atoms with Gasteiger partial charge in [0, 0.05) is 25.6 Å². The van der Waals surface area contributed by atoms with Crippen molar-refractivity contribution in [3.8, 4) is 0 Å². The normalized spacial score (nSPS) is 18.1. The maximum absolute atomic E-state index is 11.5. The van der Waals surface area contributed by atoms with E-state index < -0.39 is 0 Å². The minimum atomic E-state index is 0.169. The van der Waals surface area contributed by atoms with E-state index in [1.165, 1.54) is 51.4 Å². The molecule has 0 atom stereocenters. The third-order valence-electron chi connectivity index (χ3n) is 5.11. The molecule has 0 unspecified atom stereocenters. The highest BCUT2D eigenvalue weighted by molar-refractivity contribution is 5.80. The summed E-state index contributed by atoms with van der Waals surface area (Å²) in [6.07, 6.45) is 12.6. The summed E-state index contributed by atoms with van der Waals surface area (Å²) in [7, 11) is 0. The topological polar surface area (TPSA) is 26.3 Å². The van der Waals surface area contributed by atoms with Gasteiger partial charge in [-0.05, 0) is 49.9 Å². The van der Waals surface area contributed by atoms with E-state index in [-0.39, 0.29) is 5.92 Å². The minimum Gasteiger partial charge on any atom is -0.381 e. The Morgan fingerprint density at radius 2 is 1.64 bits per heavy atom. The molecule has 1 aliphatic carbocycles. The highest BCUT2D eigenvalue weighted by Gasteiger charge is 2.31. The van der Waals surface area contributed by atoms with Gasteiger partial charge >= 0.3 is 0 Å². The first-order valence-electron chi connectivity index (χ1n) is 9.56. The van der Waals surface area contributed by atoms with E-state index in [9.17, 15) is 4.79 Å². The van der Waals surface area contributed by atoms with Crippen LogP contribution < -0.4 is 0 Å². The van der Waals surface area contributed by atoms with Crippen molar-refractivity contribution < 1.29 is 9.53 Å². The minimum absolute atomic E-state index is 0.169. The molecular formula is C20H38O2. The molecule has 0 heterocycles. The second-order valence-electron chi connectivity index (χ2n) is 8.10. The lowest BCUT2D eigenvalue weighted by Gasteiger charge is -2.39. The Morgan fingerprint density at radius 3 is 2.23 bits per heavy atom. The molecular weight excluding hydrogens is 272 g/mol. The molecule has 0 aromatic carbocycles. The summed E-state index contributed by atoms with van der Waals surface area (Å²) < 4.78 is 5.75. The van der Waals surface area contributed by atoms with Gasteiger partial charge in [-0.3, -0.25) is 4.79 Å². The monoisotopic (exact) mass is 310 g/mol. The highest BCUT2D eigenvalue weighted by Crippen LogP contribution is 2.44. The summed E-state index contributed by atoms with van der Waals surface area (Å²) in [4.78, 5) is 11.5.